The Balaban J connectivity index is 2.00. The highest BCUT2D eigenvalue weighted by atomic mass is 19.1. The first-order chi connectivity index (χ1) is 8.70. The normalized spacial score (nSPS) is 17.8. The third kappa shape index (κ3) is 3.01. The highest BCUT2D eigenvalue weighted by Crippen LogP contribution is 2.31. The number of likely N-dealkylation sites (tertiary alicyclic amines) is 1. The number of β-amino-alcohol motifs (C(OH)–C–C–N with tert-alkyl or cyclic N) is 1. The number of aromatic nitrogens is 1. The Morgan fingerprint density at radius 3 is 2.63 bits per heavy atom. The molecule has 1 aromatic rings. The second-order valence-electron chi connectivity index (χ2n) is 5.71. The number of rotatable bonds is 1. The van der Waals surface area contributed by atoms with Crippen LogP contribution in [-0.2, 0) is 10.3 Å². The van der Waals surface area contributed by atoms with Crippen LogP contribution in [0.3, 0.4) is 0 Å². The number of carbonyl (C=O) groups excluding carboxylic acids is 1. The smallest absolute Gasteiger partial charge is 0.410 e. The summed E-state index contributed by atoms with van der Waals surface area (Å²) >= 11 is 0. The van der Waals surface area contributed by atoms with Crippen molar-refractivity contribution in [2.24, 2.45) is 0 Å². The summed E-state index contributed by atoms with van der Waals surface area (Å²) < 4.78 is 18.2. The Kier molecular flexibility index (Phi) is 3.22. The van der Waals surface area contributed by atoms with Gasteiger partial charge in [-0.1, -0.05) is 6.07 Å². The molecule has 0 unspecified atom stereocenters. The summed E-state index contributed by atoms with van der Waals surface area (Å²) in [5.74, 6) is -0.651. The summed E-state index contributed by atoms with van der Waals surface area (Å²) in [7, 11) is 0. The van der Waals surface area contributed by atoms with E-state index in [2.05, 4.69) is 4.98 Å². The number of nitrogens with zero attached hydrogens (tertiary/aromatic N) is 2. The Hall–Kier alpha value is -1.69. The van der Waals surface area contributed by atoms with E-state index in [0.717, 1.165) is 0 Å². The summed E-state index contributed by atoms with van der Waals surface area (Å²) in [6.07, 6.45) is -0.492. The van der Waals surface area contributed by atoms with E-state index in [1.165, 1.54) is 23.1 Å². The van der Waals surface area contributed by atoms with Crippen molar-refractivity contribution < 1.29 is 19.0 Å². The maximum absolute atomic E-state index is 13.0. The van der Waals surface area contributed by atoms with E-state index >= 15 is 0 Å². The van der Waals surface area contributed by atoms with Crippen LogP contribution in [0.25, 0.3) is 0 Å². The van der Waals surface area contributed by atoms with E-state index in [4.69, 9.17) is 4.74 Å². The summed E-state index contributed by atoms with van der Waals surface area (Å²) in [5.41, 5.74) is -1.65. The van der Waals surface area contributed by atoms with Crippen molar-refractivity contribution in [3.05, 3.63) is 29.8 Å². The predicted octanol–water partition coefficient (Wildman–Crippen LogP) is 1.66. The van der Waals surface area contributed by atoms with E-state index < -0.39 is 23.2 Å². The van der Waals surface area contributed by atoms with Gasteiger partial charge in [0.25, 0.3) is 0 Å². The second-order valence-corrected chi connectivity index (χ2v) is 5.71. The van der Waals surface area contributed by atoms with E-state index in [9.17, 15) is 14.3 Å². The summed E-state index contributed by atoms with van der Waals surface area (Å²) in [6.45, 7) is 5.41. The lowest BCUT2D eigenvalue weighted by atomic mass is 9.90. The molecule has 0 radical (unpaired) electrons. The van der Waals surface area contributed by atoms with Gasteiger partial charge in [0.05, 0.1) is 18.8 Å². The lowest BCUT2D eigenvalue weighted by Gasteiger charge is -2.45. The van der Waals surface area contributed by atoms with Crippen LogP contribution in [0.5, 0.6) is 0 Å². The van der Waals surface area contributed by atoms with Crippen LogP contribution in [0.2, 0.25) is 0 Å². The zero-order valence-electron chi connectivity index (χ0n) is 11.2. The van der Waals surface area contributed by atoms with Crippen LogP contribution in [0.15, 0.2) is 18.2 Å². The van der Waals surface area contributed by atoms with Gasteiger partial charge in [-0.15, -0.1) is 0 Å². The van der Waals surface area contributed by atoms with Gasteiger partial charge in [-0.3, -0.25) is 0 Å². The fourth-order valence-corrected chi connectivity index (χ4v) is 1.87. The lowest BCUT2D eigenvalue weighted by Crippen LogP contribution is -2.62. The monoisotopic (exact) mass is 268 g/mol. The molecule has 0 atom stereocenters. The first-order valence-electron chi connectivity index (χ1n) is 6.03. The van der Waals surface area contributed by atoms with Crippen LogP contribution in [0, 0.1) is 5.95 Å². The molecule has 5 nitrogen and oxygen atoms in total. The molecule has 1 N–H and O–H groups in total. The second kappa shape index (κ2) is 4.45. The molecular formula is C13H17FN2O3. The highest BCUT2D eigenvalue weighted by molar-refractivity contribution is 5.69. The van der Waals surface area contributed by atoms with Crippen molar-refractivity contribution in [2.45, 2.75) is 32.0 Å². The minimum Gasteiger partial charge on any atom is -0.444 e. The van der Waals surface area contributed by atoms with E-state index in [1.54, 1.807) is 20.8 Å². The molecule has 1 aromatic heterocycles. The zero-order chi connectivity index (χ0) is 14.3. The molecule has 1 saturated heterocycles. The van der Waals surface area contributed by atoms with Crippen LogP contribution >= 0.6 is 0 Å². The van der Waals surface area contributed by atoms with Gasteiger partial charge in [-0.25, -0.2) is 9.78 Å². The van der Waals surface area contributed by atoms with Crippen molar-refractivity contribution in [1.82, 2.24) is 9.88 Å². The molecule has 1 fully saturated rings. The molecule has 0 saturated carbocycles. The van der Waals surface area contributed by atoms with Crippen molar-refractivity contribution >= 4 is 6.09 Å². The summed E-state index contributed by atoms with van der Waals surface area (Å²) in [5, 5.41) is 10.2. The number of hydrogen-bond acceptors (Lipinski definition) is 4. The molecule has 19 heavy (non-hydrogen) atoms. The molecular weight excluding hydrogens is 251 g/mol. The van der Waals surface area contributed by atoms with Crippen molar-refractivity contribution in [2.75, 3.05) is 13.1 Å². The fraction of sp³-hybridized carbons (Fsp3) is 0.538. The van der Waals surface area contributed by atoms with Gasteiger partial charge in [0.2, 0.25) is 5.95 Å². The summed E-state index contributed by atoms with van der Waals surface area (Å²) in [6, 6.07) is 4.22. The van der Waals surface area contributed by atoms with E-state index in [1.807, 2.05) is 0 Å². The third-order valence-corrected chi connectivity index (χ3v) is 2.75. The maximum atomic E-state index is 13.0. The van der Waals surface area contributed by atoms with Crippen LogP contribution in [0.1, 0.15) is 26.5 Å². The maximum Gasteiger partial charge on any atom is 0.410 e. The predicted molar refractivity (Wildman–Crippen MR) is 65.9 cm³/mol. The number of amides is 1. The van der Waals surface area contributed by atoms with Gasteiger partial charge in [0, 0.05) is 0 Å². The highest BCUT2D eigenvalue weighted by Gasteiger charge is 2.47. The molecule has 1 amide bonds. The molecule has 0 spiro atoms. The van der Waals surface area contributed by atoms with E-state index in [0.29, 0.717) is 0 Å². The molecule has 104 valence electrons. The average Bonchev–Trinajstić information content (AvgIpc) is 2.22. The van der Waals surface area contributed by atoms with Gasteiger partial charge in [0.15, 0.2) is 0 Å². The molecule has 0 aromatic carbocycles. The fourth-order valence-electron chi connectivity index (χ4n) is 1.87. The average molecular weight is 268 g/mol. The largest absolute Gasteiger partial charge is 0.444 e. The number of ether oxygens (including phenoxy) is 1. The van der Waals surface area contributed by atoms with Crippen LogP contribution < -0.4 is 0 Å². The first kappa shape index (κ1) is 13.7. The zero-order valence-corrected chi connectivity index (χ0v) is 11.2. The summed E-state index contributed by atoms with van der Waals surface area (Å²) in [4.78, 5) is 16.7. The van der Waals surface area contributed by atoms with Crippen LogP contribution in [-0.4, -0.2) is 39.8 Å². The number of hydrogen-bond donors (Lipinski definition) is 1. The van der Waals surface area contributed by atoms with Gasteiger partial charge in [-0.2, -0.15) is 4.39 Å². The number of pyridine rings is 1. The minimum absolute atomic E-state index is 0.0539. The molecule has 6 heteroatoms. The molecule has 0 bridgehead atoms. The minimum atomic E-state index is -1.29. The quantitative estimate of drug-likeness (QED) is 0.787. The van der Waals surface area contributed by atoms with Crippen molar-refractivity contribution in [3.63, 3.8) is 0 Å². The SMILES string of the molecule is CC(C)(C)OC(=O)N1CC(O)(c2cccc(F)n2)C1. The Bertz CT molecular complexity index is 493. The van der Waals surface area contributed by atoms with Gasteiger partial charge < -0.3 is 14.7 Å². The number of halogens is 1. The van der Waals surface area contributed by atoms with Crippen molar-refractivity contribution in [1.29, 1.82) is 0 Å². The molecule has 1 aliphatic heterocycles. The number of aliphatic hydroxyl groups is 1. The van der Waals surface area contributed by atoms with Crippen molar-refractivity contribution in [3.8, 4) is 0 Å². The molecule has 1 aliphatic rings. The first-order valence-corrected chi connectivity index (χ1v) is 6.03. The van der Waals surface area contributed by atoms with E-state index in [-0.39, 0.29) is 18.8 Å². The topological polar surface area (TPSA) is 62.7 Å². The van der Waals surface area contributed by atoms with Gasteiger partial charge in [0.1, 0.15) is 11.2 Å². The lowest BCUT2D eigenvalue weighted by molar-refractivity contribution is -0.106. The van der Waals surface area contributed by atoms with Gasteiger partial charge >= 0.3 is 6.09 Å². The van der Waals surface area contributed by atoms with Gasteiger partial charge in [-0.05, 0) is 32.9 Å². The Labute approximate surface area is 111 Å². The third-order valence-electron chi connectivity index (χ3n) is 2.75. The standard InChI is InChI=1S/C13H17FN2O3/c1-12(2,3)19-11(17)16-7-13(18,8-16)9-5-4-6-10(14)15-9/h4-6,18H,7-8H2,1-3H3. The number of carbonyl (C=O) groups is 1. The van der Waals surface area contributed by atoms with Crippen LogP contribution in [0.4, 0.5) is 9.18 Å². The molecule has 2 heterocycles. The Morgan fingerprint density at radius 1 is 1.47 bits per heavy atom. The molecule has 0 aliphatic carbocycles. The molecule has 2 rings (SSSR count). The Morgan fingerprint density at radius 2 is 2.11 bits per heavy atom.